The highest BCUT2D eigenvalue weighted by Gasteiger charge is 2.40. The van der Waals surface area contributed by atoms with Gasteiger partial charge in [-0.25, -0.2) is 9.59 Å². The summed E-state index contributed by atoms with van der Waals surface area (Å²) in [6.07, 6.45) is -10.3. The van der Waals surface area contributed by atoms with E-state index < -0.39 is 92.2 Å². The molecule has 3 rings (SSSR count). The summed E-state index contributed by atoms with van der Waals surface area (Å²) in [5.41, 5.74) is 5.40. The van der Waals surface area contributed by atoms with Gasteiger partial charge in [0.25, 0.3) is 5.91 Å². The van der Waals surface area contributed by atoms with Crippen molar-refractivity contribution in [2.75, 3.05) is 27.2 Å². The molecule has 4 atom stereocenters. The minimum Gasteiger partial charge on any atom is -0.501 e. The van der Waals surface area contributed by atoms with Crippen LogP contribution in [0.25, 0.3) is 6.05 Å². The highest BCUT2D eigenvalue weighted by atomic mass is 16.6. The lowest BCUT2D eigenvalue weighted by atomic mass is 9.73. The number of nitrogens with two attached hydrogens (primary N) is 1. The molecule has 0 bridgehead atoms. The van der Waals surface area contributed by atoms with E-state index in [9.17, 15) is 14.4 Å². The van der Waals surface area contributed by atoms with Crippen LogP contribution in [0.3, 0.4) is 0 Å². The van der Waals surface area contributed by atoms with Crippen molar-refractivity contribution in [2.45, 2.75) is 51.7 Å². The van der Waals surface area contributed by atoms with E-state index in [1.807, 2.05) is 20.8 Å². The number of carbonyl (C=O) groups excluding carboxylic acids is 3. The molecule has 232 valence electrons. The number of nitrogens with one attached hydrogen (secondary N) is 2. The van der Waals surface area contributed by atoms with Gasteiger partial charge in [-0.15, -0.1) is 0 Å². The molecule has 0 spiro atoms. The summed E-state index contributed by atoms with van der Waals surface area (Å²) in [6.45, 7) is 5.43. The van der Waals surface area contributed by atoms with Gasteiger partial charge in [-0.1, -0.05) is 75.3 Å². The molecular formula is C33H43N3O7. The number of benzene rings is 2. The van der Waals surface area contributed by atoms with Crippen LogP contribution in [-0.4, -0.2) is 57.4 Å². The van der Waals surface area contributed by atoms with Crippen molar-refractivity contribution in [1.82, 2.24) is 10.6 Å². The highest BCUT2D eigenvalue weighted by molar-refractivity contribution is 5.84. The Bertz CT molecular complexity index is 1760. The van der Waals surface area contributed by atoms with Crippen LogP contribution in [0.1, 0.15) is 67.1 Å². The van der Waals surface area contributed by atoms with Gasteiger partial charge >= 0.3 is 12.2 Å². The van der Waals surface area contributed by atoms with E-state index in [1.165, 1.54) is 24.3 Å². The van der Waals surface area contributed by atoms with Gasteiger partial charge in [-0.3, -0.25) is 4.79 Å². The van der Waals surface area contributed by atoms with Crippen molar-refractivity contribution in [3.63, 3.8) is 0 Å². The van der Waals surface area contributed by atoms with Crippen molar-refractivity contribution >= 4 is 24.1 Å². The molecule has 3 amide bonds. The molecule has 0 aliphatic heterocycles. The maximum Gasteiger partial charge on any atom is 0.412 e. The van der Waals surface area contributed by atoms with E-state index in [1.54, 1.807) is 30.3 Å². The molecule has 0 saturated heterocycles. The third-order valence-electron chi connectivity index (χ3n) is 6.16. The van der Waals surface area contributed by atoms with E-state index in [0.717, 1.165) is 5.56 Å². The Morgan fingerprint density at radius 3 is 2.49 bits per heavy atom. The van der Waals surface area contributed by atoms with Crippen LogP contribution >= 0.6 is 0 Å². The van der Waals surface area contributed by atoms with Crippen molar-refractivity contribution < 1.29 is 49.8 Å². The summed E-state index contributed by atoms with van der Waals surface area (Å²) in [7, 11) is -6.52. The number of primary amides is 1. The first-order chi connectivity index (χ1) is 25.1. The standard InChI is InChI=1S/C33H43N3O7/c1-33(2,3)28(24-9-7-6-8-10-24)29(43-31(34)38)30(37)35-17-18-36-32(39)42-25-15-13-22(14-16-25)11-12-23-19-26(40-4)21-27(20-23)41-5/h6-16,19,23,27-29H,17-18,20-21H2,1-5H3,(H2,34,38)(H,35,37)(H,36,39)/i4D3,5D3,11D,12D,20D2,23D,27D. The van der Waals surface area contributed by atoms with Crippen LogP contribution in [-0.2, 0) is 19.0 Å². The quantitative estimate of drug-likeness (QED) is 0.284. The van der Waals surface area contributed by atoms with Crippen molar-refractivity contribution in [1.29, 1.82) is 0 Å². The molecule has 10 nitrogen and oxygen atoms in total. The molecule has 0 heterocycles. The molecule has 2 aromatic rings. The molecular weight excluding hydrogens is 550 g/mol. The minimum atomic E-state index is -3.37. The molecule has 4 N–H and O–H groups in total. The second-order valence-electron chi connectivity index (χ2n) is 10.4. The maximum atomic E-state index is 13.2. The first-order valence-electron chi connectivity index (χ1n) is 19.2. The summed E-state index contributed by atoms with van der Waals surface area (Å²) >= 11 is 0. The average Bonchev–Trinajstić information content (AvgIpc) is 3.03. The van der Waals surface area contributed by atoms with Crippen LogP contribution in [0.15, 0.2) is 72.5 Å². The Kier molecular flexibility index (Phi) is 7.27. The van der Waals surface area contributed by atoms with Crippen LogP contribution in [0, 0.1) is 11.3 Å². The lowest BCUT2D eigenvalue weighted by Gasteiger charge is -2.36. The Morgan fingerprint density at radius 2 is 1.84 bits per heavy atom. The minimum absolute atomic E-state index is 0.0477. The molecule has 1 aliphatic rings. The van der Waals surface area contributed by atoms with E-state index in [2.05, 4.69) is 10.6 Å². The van der Waals surface area contributed by atoms with E-state index in [0.29, 0.717) is 6.08 Å². The SMILES string of the molecule is [2H]C(=C([2H])C1([2H])C=C(OC([2H])([2H])[2H])CC([2H])(OC([2H])([2H])[2H])C1([2H])[2H])c1ccc(OC(=O)NCCNC(=O)C(OC(N)=O)C(c2ccccc2)C(C)(C)C)cc1. The zero-order valence-electron chi connectivity index (χ0n) is 36.0. The molecule has 4 unspecified atom stereocenters. The van der Waals surface area contributed by atoms with Crippen LogP contribution < -0.4 is 21.1 Å². The summed E-state index contributed by atoms with van der Waals surface area (Å²) in [5.74, 6) is -5.03. The fraction of sp³-hybridized carbons (Fsp3) is 0.424. The maximum absolute atomic E-state index is 13.2. The Balaban J connectivity index is 1.73. The van der Waals surface area contributed by atoms with Crippen LogP contribution in [0.2, 0.25) is 0 Å². The Morgan fingerprint density at radius 1 is 1.12 bits per heavy atom. The molecule has 1 aliphatic carbocycles. The van der Waals surface area contributed by atoms with Gasteiger partial charge in [0.1, 0.15) is 5.75 Å². The summed E-state index contributed by atoms with van der Waals surface area (Å²) in [4.78, 5) is 37.4. The first-order valence-corrected chi connectivity index (χ1v) is 13.2. The second-order valence-corrected chi connectivity index (χ2v) is 10.4. The third-order valence-corrected chi connectivity index (χ3v) is 6.16. The van der Waals surface area contributed by atoms with E-state index >= 15 is 0 Å². The number of amides is 3. The largest absolute Gasteiger partial charge is 0.501 e. The number of hydrogen-bond acceptors (Lipinski definition) is 7. The Hall–Kier alpha value is -4.31. The van der Waals surface area contributed by atoms with Crippen molar-refractivity contribution in [2.24, 2.45) is 17.0 Å². The molecule has 0 radical (unpaired) electrons. The predicted octanol–water partition coefficient (Wildman–Crippen LogP) is 5.15. The molecule has 0 fully saturated rings. The molecule has 0 saturated carbocycles. The fourth-order valence-corrected chi connectivity index (χ4v) is 4.32. The van der Waals surface area contributed by atoms with Crippen molar-refractivity contribution in [3.05, 3.63) is 83.6 Å². The molecule has 0 aromatic heterocycles. The summed E-state index contributed by atoms with van der Waals surface area (Å²) in [6, 6.07) is 12.0. The lowest BCUT2D eigenvalue weighted by Crippen LogP contribution is -2.47. The molecule has 2 aromatic carbocycles. The average molecular weight is 606 g/mol. The van der Waals surface area contributed by atoms with Gasteiger partial charge < -0.3 is 35.3 Å². The zero-order valence-corrected chi connectivity index (χ0v) is 24.0. The topological polar surface area (TPSA) is 138 Å². The number of rotatable bonds is 12. The smallest absolute Gasteiger partial charge is 0.412 e. The second kappa shape index (κ2) is 15.8. The van der Waals surface area contributed by atoms with Crippen molar-refractivity contribution in [3.8, 4) is 5.75 Å². The van der Waals surface area contributed by atoms with E-state index in [4.69, 9.17) is 41.1 Å². The van der Waals surface area contributed by atoms with Gasteiger partial charge in [-0.05, 0) is 41.1 Å². The predicted molar refractivity (Wildman–Crippen MR) is 164 cm³/mol. The normalized spacial score (nSPS) is 27.9. The number of hydrogen-bond donors (Lipinski definition) is 3. The number of carbonyl (C=O) groups is 3. The fourth-order valence-electron chi connectivity index (χ4n) is 4.32. The number of methoxy groups -OCH3 is 2. The van der Waals surface area contributed by atoms with Crippen LogP contribution in [0.4, 0.5) is 9.59 Å². The number of ether oxygens (including phenoxy) is 4. The molecule has 43 heavy (non-hydrogen) atoms. The zero-order chi connectivity index (χ0) is 41.8. The van der Waals surface area contributed by atoms with Gasteiger partial charge in [0.2, 0.25) is 0 Å². The summed E-state index contributed by atoms with van der Waals surface area (Å²) < 4.78 is 116. The Labute approximate surface area is 270 Å². The van der Waals surface area contributed by atoms with Gasteiger partial charge in [-0.2, -0.15) is 0 Å². The molecule has 10 heteroatoms. The van der Waals surface area contributed by atoms with Gasteiger partial charge in [0.15, 0.2) is 6.10 Å². The van der Waals surface area contributed by atoms with Gasteiger partial charge in [0.05, 0.1) is 31.2 Å². The summed E-state index contributed by atoms with van der Waals surface area (Å²) in [5, 5.41) is 5.05. The van der Waals surface area contributed by atoms with E-state index in [-0.39, 0.29) is 24.4 Å². The lowest BCUT2D eigenvalue weighted by molar-refractivity contribution is -0.132. The highest BCUT2D eigenvalue weighted by Crippen LogP contribution is 2.39. The third kappa shape index (κ3) is 10.5. The number of allylic oxidation sites excluding steroid dienone is 2. The van der Waals surface area contributed by atoms with Crippen LogP contribution in [0.5, 0.6) is 5.75 Å². The first kappa shape index (κ1) is 19.8. The monoisotopic (exact) mass is 605 g/mol. The van der Waals surface area contributed by atoms with Gasteiger partial charge in [0, 0.05) is 42.5 Å².